The van der Waals surface area contributed by atoms with E-state index in [0.29, 0.717) is 17.9 Å². The molecule has 0 radical (unpaired) electrons. The Morgan fingerprint density at radius 1 is 1.47 bits per heavy atom. The van der Waals surface area contributed by atoms with Crippen LogP contribution >= 0.6 is 23.2 Å². The van der Waals surface area contributed by atoms with Gasteiger partial charge in [-0.2, -0.15) is 0 Å². The maximum absolute atomic E-state index is 10.8. The third kappa shape index (κ3) is 3.47. The minimum absolute atomic E-state index is 0.0642. The van der Waals surface area contributed by atoms with Crippen molar-refractivity contribution in [2.75, 3.05) is 5.88 Å². The highest BCUT2D eigenvalue weighted by Gasteiger charge is 2.08. The van der Waals surface area contributed by atoms with Gasteiger partial charge in [0.2, 0.25) is 0 Å². The number of carboxylic acid groups (broad SMARTS) is 1. The normalized spacial score (nSPS) is 9.20. The van der Waals surface area contributed by atoms with Crippen molar-refractivity contribution in [3.63, 3.8) is 0 Å². The summed E-state index contributed by atoms with van der Waals surface area (Å²) in [6.07, 6.45) is 0.576. The van der Waals surface area contributed by atoms with Gasteiger partial charge < -0.3 is 5.11 Å². The highest BCUT2D eigenvalue weighted by atomic mass is 35.5. The third-order valence-corrected chi connectivity index (χ3v) is 2.17. The fourth-order valence-corrected chi connectivity index (χ4v) is 1.27. The molecule has 78 valence electrons. The quantitative estimate of drug-likeness (QED) is 0.640. The molecule has 15 heavy (non-hydrogen) atoms. The SMILES string of the molecule is O=C(O)c1cc(C#CCCCl)ccc1Cl. The van der Waals surface area contributed by atoms with Gasteiger partial charge in [0.05, 0.1) is 10.6 Å². The van der Waals surface area contributed by atoms with Crippen molar-refractivity contribution in [2.24, 2.45) is 0 Å². The summed E-state index contributed by atoms with van der Waals surface area (Å²) in [5.74, 6) is 5.04. The zero-order valence-corrected chi connectivity index (χ0v) is 9.27. The molecule has 0 unspecified atom stereocenters. The molecule has 1 rings (SSSR count). The van der Waals surface area contributed by atoms with Crippen LogP contribution in [0.1, 0.15) is 22.3 Å². The van der Waals surface area contributed by atoms with Crippen molar-refractivity contribution in [3.05, 3.63) is 34.3 Å². The Balaban J connectivity index is 2.99. The fourth-order valence-electron chi connectivity index (χ4n) is 0.979. The predicted molar refractivity (Wildman–Crippen MR) is 60.6 cm³/mol. The number of benzene rings is 1. The fraction of sp³-hybridized carbons (Fsp3) is 0.182. The van der Waals surface area contributed by atoms with Crippen LogP contribution in [0.15, 0.2) is 18.2 Å². The minimum Gasteiger partial charge on any atom is -0.478 e. The van der Waals surface area contributed by atoms with Crippen molar-refractivity contribution in [3.8, 4) is 11.8 Å². The lowest BCUT2D eigenvalue weighted by Gasteiger charge is -1.98. The molecule has 0 saturated heterocycles. The van der Waals surface area contributed by atoms with E-state index in [1.807, 2.05) is 0 Å². The summed E-state index contributed by atoms with van der Waals surface area (Å²) in [5, 5.41) is 9.02. The second-order valence-corrected chi connectivity index (χ2v) is 3.53. The summed E-state index contributed by atoms with van der Waals surface area (Å²) < 4.78 is 0. The van der Waals surface area contributed by atoms with Gasteiger partial charge in [0.1, 0.15) is 0 Å². The van der Waals surface area contributed by atoms with E-state index in [-0.39, 0.29) is 10.6 Å². The summed E-state index contributed by atoms with van der Waals surface area (Å²) in [4.78, 5) is 10.8. The largest absolute Gasteiger partial charge is 0.478 e. The van der Waals surface area contributed by atoms with E-state index in [0.717, 1.165) is 0 Å². The molecule has 0 aliphatic carbocycles. The first kappa shape index (κ1) is 11.9. The van der Waals surface area contributed by atoms with Crippen molar-refractivity contribution in [1.82, 2.24) is 0 Å². The Bertz CT molecular complexity index is 430. The molecule has 1 aromatic carbocycles. The monoisotopic (exact) mass is 242 g/mol. The van der Waals surface area contributed by atoms with Crippen LogP contribution < -0.4 is 0 Å². The number of carbonyl (C=O) groups is 1. The lowest BCUT2D eigenvalue weighted by Crippen LogP contribution is -1.97. The summed E-state index contributed by atoms with van der Waals surface area (Å²) in [6.45, 7) is 0. The number of halogens is 2. The zero-order chi connectivity index (χ0) is 11.3. The summed E-state index contributed by atoms with van der Waals surface area (Å²) in [6, 6.07) is 4.65. The minimum atomic E-state index is -1.05. The van der Waals surface area contributed by atoms with E-state index in [1.54, 1.807) is 6.07 Å². The van der Waals surface area contributed by atoms with Crippen molar-refractivity contribution in [1.29, 1.82) is 0 Å². The molecule has 0 saturated carbocycles. The summed E-state index contributed by atoms with van der Waals surface area (Å²) >= 11 is 11.2. The first-order chi connectivity index (χ1) is 7.15. The van der Waals surface area contributed by atoms with Crippen LogP contribution in [0.3, 0.4) is 0 Å². The number of aromatic carboxylic acids is 1. The lowest BCUT2D eigenvalue weighted by atomic mass is 10.1. The van der Waals surface area contributed by atoms with Crippen LogP contribution in [0.25, 0.3) is 0 Å². The first-order valence-corrected chi connectivity index (χ1v) is 5.14. The number of rotatable bonds is 2. The van der Waals surface area contributed by atoms with Crippen molar-refractivity contribution in [2.45, 2.75) is 6.42 Å². The molecule has 0 aliphatic heterocycles. The van der Waals surface area contributed by atoms with Gasteiger partial charge in [0.15, 0.2) is 0 Å². The summed E-state index contributed by atoms with van der Waals surface area (Å²) in [7, 11) is 0. The molecule has 0 fully saturated rings. The molecular weight excluding hydrogens is 235 g/mol. The molecule has 0 atom stereocenters. The first-order valence-electron chi connectivity index (χ1n) is 4.23. The van der Waals surface area contributed by atoms with E-state index in [2.05, 4.69) is 11.8 Å². The highest BCUT2D eigenvalue weighted by molar-refractivity contribution is 6.33. The molecule has 1 N–H and O–H groups in total. The topological polar surface area (TPSA) is 37.3 Å². The average Bonchev–Trinajstić information content (AvgIpc) is 2.20. The van der Waals surface area contributed by atoms with Gasteiger partial charge in [0, 0.05) is 17.9 Å². The van der Waals surface area contributed by atoms with E-state index < -0.39 is 5.97 Å². The molecule has 0 aliphatic rings. The molecule has 4 heteroatoms. The Kier molecular flexibility index (Phi) is 4.48. The number of hydrogen-bond acceptors (Lipinski definition) is 1. The maximum atomic E-state index is 10.8. The van der Waals surface area contributed by atoms with Crippen LogP contribution in [0.2, 0.25) is 5.02 Å². The number of hydrogen-bond donors (Lipinski definition) is 1. The number of carboxylic acids is 1. The smallest absolute Gasteiger partial charge is 0.337 e. The Morgan fingerprint density at radius 3 is 2.80 bits per heavy atom. The number of alkyl halides is 1. The van der Waals surface area contributed by atoms with Gasteiger partial charge in [-0.3, -0.25) is 0 Å². The van der Waals surface area contributed by atoms with E-state index in [4.69, 9.17) is 28.3 Å². The van der Waals surface area contributed by atoms with Gasteiger partial charge in [-0.05, 0) is 18.2 Å². The van der Waals surface area contributed by atoms with Crippen LogP contribution in [0.5, 0.6) is 0 Å². The van der Waals surface area contributed by atoms with Gasteiger partial charge in [-0.25, -0.2) is 4.79 Å². The van der Waals surface area contributed by atoms with Gasteiger partial charge in [-0.15, -0.1) is 11.6 Å². The molecule has 0 spiro atoms. The van der Waals surface area contributed by atoms with Crippen LogP contribution in [-0.4, -0.2) is 17.0 Å². The standard InChI is InChI=1S/C11H8Cl2O2/c12-6-2-1-3-8-4-5-10(13)9(7-8)11(14)15/h4-5,7H,2,6H2,(H,14,15). The van der Waals surface area contributed by atoms with Crippen molar-refractivity contribution < 1.29 is 9.90 Å². The Morgan fingerprint density at radius 2 is 2.20 bits per heavy atom. The predicted octanol–water partition coefficient (Wildman–Crippen LogP) is 3.02. The second kappa shape index (κ2) is 5.65. The molecule has 1 aromatic rings. The zero-order valence-electron chi connectivity index (χ0n) is 7.76. The van der Waals surface area contributed by atoms with E-state index in [1.165, 1.54) is 12.1 Å². The van der Waals surface area contributed by atoms with E-state index >= 15 is 0 Å². The molecule has 0 bridgehead atoms. The lowest BCUT2D eigenvalue weighted by molar-refractivity contribution is 0.0697. The van der Waals surface area contributed by atoms with E-state index in [9.17, 15) is 4.79 Å². The Hall–Kier alpha value is -1.17. The second-order valence-electron chi connectivity index (χ2n) is 2.74. The average molecular weight is 243 g/mol. The summed E-state index contributed by atoms with van der Waals surface area (Å²) in [5.41, 5.74) is 0.691. The molecule has 2 nitrogen and oxygen atoms in total. The van der Waals surface area contributed by atoms with Crippen molar-refractivity contribution >= 4 is 29.2 Å². The highest BCUT2D eigenvalue weighted by Crippen LogP contribution is 2.17. The van der Waals surface area contributed by atoms with Gasteiger partial charge in [-0.1, -0.05) is 23.4 Å². The molecular formula is C11H8Cl2O2. The van der Waals surface area contributed by atoms with Gasteiger partial charge in [0.25, 0.3) is 0 Å². The van der Waals surface area contributed by atoms with Crippen LogP contribution in [-0.2, 0) is 0 Å². The maximum Gasteiger partial charge on any atom is 0.337 e. The van der Waals surface area contributed by atoms with Gasteiger partial charge >= 0.3 is 5.97 Å². The molecule has 0 heterocycles. The molecule has 0 aromatic heterocycles. The third-order valence-electron chi connectivity index (χ3n) is 1.65. The Labute approximate surface area is 97.8 Å². The van der Waals surface area contributed by atoms with Crippen LogP contribution in [0, 0.1) is 11.8 Å². The molecule has 0 amide bonds. The van der Waals surface area contributed by atoms with Crippen LogP contribution in [0.4, 0.5) is 0 Å².